The zero-order valence-corrected chi connectivity index (χ0v) is 11.7. The Bertz CT molecular complexity index is 333. The van der Waals surface area contributed by atoms with Gasteiger partial charge < -0.3 is 10.1 Å². The number of azide groups is 1. The van der Waals surface area contributed by atoms with Crippen molar-refractivity contribution in [3.05, 3.63) is 10.4 Å². The molecule has 0 radical (unpaired) electrons. The Morgan fingerprint density at radius 2 is 2.50 bits per heavy atom. The second-order valence-corrected chi connectivity index (χ2v) is 5.64. The zero-order chi connectivity index (χ0) is 13.4. The van der Waals surface area contributed by atoms with Crippen LogP contribution in [0, 0.1) is 0 Å². The highest BCUT2D eigenvalue weighted by atomic mass is 32.2. The Morgan fingerprint density at radius 3 is 3.06 bits per heavy atom. The van der Waals surface area contributed by atoms with Crippen LogP contribution in [-0.2, 0) is 9.53 Å². The lowest BCUT2D eigenvalue weighted by Crippen LogP contribution is -2.57. The van der Waals surface area contributed by atoms with Gasteiger partial charge in [-0.25, -0.2) is 0 Å². The molecule has 18 heavy (non-hydrogen) atoms. The molecule has 1 aliphatic heterocycles. The van der Waals surface area contributed by atoms with Crippen molar-refractivity contribution in [1.82, 2.24) is 5.32 Å². The van der Waals surface area contributed by atoms with Crippen LogP contribution < -0.4 is 5.32 Å². The van der Waals surface area contributed by atoms with Gasteiger partial charge >= 0.3 is 5.97 Å². The minimum Gasteiger partial charge on any atom is -0.465 e. The van der Waals surface area contributed by atoms with Crippen molar-refractivity contribution in [2.45, 2.75) is 37.5 Å². The van der Waals surface area contributed by atoms with E-state index in [0.29, 0.717) is 19.7 Å². The predicted octanol–water partition coefficient (Wildman–Crippen LogP) is 2.10. The Balaban J connectivity index is 2.56. The molecule has 0 aromatic heterocycles. The van der Waals surface area contributed by atoms with E-state index in [1.165, 1.54) is 0 Å². The number of carbonyl (C=O) groups excluding carboxylic acids is 1. The molecule has 0 amide bonds. The van der Waals surface area contributed by atoms with Crippen LogP contribution >= 0.6 is 11.8 Å². The third-order valence-corrected chi connectivity index (χ3v) is 4.48. The molecular weight excluding hydrogens is 252 g/mol. The Morgan fingerprint density at radius 1 is 1.72 bits per heavy atom. The van der Waals surface area contributed by atoms with Gasteiger partial charge in [0.1, 0.15) is 5.54 Å². The Kier molecular flexibility index (Phi) is 6.32. The summed E-state index contributed by atoms with van der Waals surface area (Å²) in [6, 6.07) is 0. The van der Waals surface area contributed by atoms with Crippen LogP contribution in [0.2, 0.25) is 0 Å². The van der Waals surface area contributed by atoms with E-state index in [-0.39, 0.29) is 11.2 Å². The maximum absolute atomic E-state index is 12.1. The van der Waals surface area contributed by atoms with Gasteiger partial charge in [-0.1, -0.05) is 12.0 Å². The average molecular weight is 272 g/mol. The number of carbonyl (C=O) groups is 1. The molecule has 0 aromatic rings. The van der Waals surface area contributed by atoms with E-state index in [1.807, 2.05) is 6.92 Å². The summed E-state index contributed by atoms with van der Waals surface area (Å²) in [5.41, 5.74) is 7.62. The van der Waals surface area contributed by atoms with Crippen LogP contribution in [0.5, 0.6) is 0 Å². The molecule has 2 unspecified atom stereocenters. The van der Waals surface area contributed by atoms with Crippen molar-refractivity contribution in [1.29, 1.82) is 0 Å². The monoisotopic (exact) mass is 272 g/mol. The van der Waals surface area contributed by atoms with E-state index < -0.39 is 5.54 Å². The first-order valence-corrected chi connectivity index (χ1v) is 7.27. The number of ether oxygens (including phenoxy) is 1. The van der Waals surface area contributed by atoms with E-state index >= 15 is 0 Å². The smallest absolute Gasteiger partial charge is 0.327 e. The van der Waals surface area contributed by atoms with Gasteiger partial charge in [-0.2, -0.15) is 11.8 Å². The largest absolute Gasteiger partial charge is 0.465 e. The Hall–Kier alpha value is -0.910. The van der Waals surface area contributed by atoms with Crippen molar-refractivity contribution < 1.29 is 9.53 Å². The summed E-state index contributed by atoms with van der Waals surface area (Å²) in [5, 5.41) is 6.99. The predicted molar refractivity (Wildman–Crippen MR) is 72.5 cm³/mol. The second kappa shape index (κ2) is 7.51. The van der Waals surface area contributed by atoms with Crippen LogP contribution in [0.3, 0.4) is 0 Å². The molecule has 1 fully saturated rings. The van der Waals surface area contributed by atoms with Gasteiger partial charge in [0, 0.05) is 16.7 Å². The number of rotatable bonds is 7. The molecule has 1 saturated heterocycles. The maximum atomic E-state index is 12.1. The highest BCUT2D eigenvalue weighted by Gasteiger charge is 2.48. The summed E-state index contributed by atoms with van der Waals surface area (Å²) in [7, 11) is 0. The molecule has 1 N–H and O–H groups in total. The number of thioether (sulfide) groups is 1. The van der Waals surface area contributed by atoms with Crippen molar-refractivity contribution in [3.63, 3.8) is 0 Å². The molecule has 0 bridgehead atoms. The molecule has 7 heteroatoms. The highest BCUT2D eigenvalue weighted by Crippen LogP contribution is 2.36. The van der Waals surface area contributed by atoms with Gasteiger partial charge in [-0.05, 0) is 37.6 Å². The zero-order valence-electron chi connectivity index (χ0n) is 10.9. The topological polar surface area (TPSA) is 87.1 Å². The van der Waals surface area contributed by atoms with Gasteiger partial charge in [-0.3, -0.25) is 4.79 Å². The van der Waals surface area contributed by atoms with Gasteiger partial charge in [-0.15, -0.1) is 0 Å². The number of esters is 1. The van der Waals surface area contributed by atoms with Crippen LogP contribution in [0.15, 0.2) is 5.11 Å². The lowest BCUT2D eigenvalue weighted by molar-refractivity contribution is -0.151. The fourth-order valence-electron chi connectivity index (χ4n) is 2.08. The lowest BCUT2D eigenvalue weighted by atomic mass is 9.92. The van der Waals surface area contributed by atoms with E-state index in [2.05, 4.69) is 22.3 Å². The molecule has 0 spiro atoms. The molecule has 0 saturated carbocycles. The highest BCUT2D eigenvalue weighted by molar-refractivity contribution is 8.00. The quantitative estimate of drug-likeness (QED) is 0.253. The van der Waals surface area contributed by atoms with E-state index in [1.54, 1.807) is 11.8 Å². The van der Waals surface area contributed by atoms with Crippen molar-refractivity contribution >= 4 is 17.7 Å². The summed E-state index contributed by atoms with van der Waals surface area (Å²) in [4.78, 5) is 14.8. The SMILES string of the molecule is CCOC(=O)C1(NCCCN=[N+]=[N-])CCSC1C. The molecule has 0 aliphatic carbocycles. The van der Waals surface area contributed by atoms with E-state index in [4.69, 9.17) is 10.3 Å². The average Bonchev–Trinajstić information content (AvgIpc) is 2.72. The third-order valence-electron chi connectivity index (χ3n) is 3.14. The molecule has 1 heterocycles. The first-order chi connectivity index (χ1) is 8.67. The van der Waals surface area contributed by atoms with Crippen LogP contribution in [0.4, 0.5) is 0 Å². The number of hydrogen-bond donors (Lipinski definition) is 1. The number of nitrogens with one attached hydrogen (secondary N) is 1. The second-order valence-electron chi connectivity index (χ2n) is 4.19. The lowest BCUT2D eigenvalue weighted by Gasteiger charge is -2.31. The minimum atomic E-state index is -0.572. The first-order valence-electron chi connectivity index (χ1n) is 6.22. The van der Waals surface area contributed by atoms with Crippen LogP contribution in [0.1, 0.15) is 26.7 Å². The van der Waals surface area contributed by atoms with Crippen molar-refractivity contribution in [2.24, 2.45) is 5.11 Å². The minimum absolute atomic E-state index is 0.161. The summed E-state index contributed by atoms with van der Waals surface area (Å²) in [6.45, 7) is 5.38. The molecule has 1 aliphatic rings. The van der Waals surface area contributed by atoms with Gasteiger partial charge in [0.2, 0.25) is 0 Å². The van der Waals surface area contributed by atoms with E-state index in [9.17, 15) is 4.79 Å². The summed E-state index contributed by atoms with van der Waals surface area (Å²) in [5.74, 6) is 0.801. The van der Waals surface area contributed by atoms with Gasteiger partial charge in [0.25, 0.3) is 0 Å². The molecule has 102 valence electrons. The number of nitrogens with zero attached hydrogens (tertiary/aromatic N) is 3. The maximum Gasteiger partial charge on any atom is 0.327 e. The molecule has 2 atom stereocenters. The number of hydrogen-bond acceptors (Lipinski definition) is 5. The van der Waals surface area contributed by atoms with Crippen molar-refractivity contribution in [2.75, 3.05) is 25.4 Å². The van der Waals surface area contributed by atoms with Gasteiger partial charge in [0.05, 0.1) is 6.61 Å². The normalized spacial score (nSPS) is 26.7. The summed E-state index contributed by atoms with van der Waals surface area (Å²) >= 11 is 1.78. The standard InChI is InChI=1S/C11H20N4O2S/c1-3-17-10(16)11(5-8-18-9(11)2)13-6-4-7-14-15-12/h9,13H,3-8H2,1-2H3. The first kappa shape index (κ1) is 15.1. The molecule has 0 aromatic carbocycles. The van der Waals surface area contributed by atoms with E-state index in [0.717, 1.165) is 18.6 Å². The van der Waals surface area contributed by atoms with Crippen LogP contribution in [0.25, 0.3) is 10.4 Å². The summed E-state index contributed by atoms with van der Waals surface area (Å²) in [6.07, 6.45) is 1.52. The molecule has 1 rings (SSSR count). The summed E-state index contributed by atoms with van der Waals surface area (Å²) < 4.78 is 5.18. The molecule has 6 nitrogen and oxygen atoms in total. The molecular formula is C11H20N4O2S. The van der Waals surface area contributed by atoms with Crippen LogP contribution in [-0.4, -0.2) is 42.2 Å². The van der Waals surface area contributed by atoms with Gasteiger partial charge in [0.15, 0.2) is 0 Å². The Labute approximate surface area is 111 Å². The fourth-order valence-corrected chi connectivity index (χ4v) is 3.46. The third kappa shape index (κ3) is 3.54. The fraction of sp³-hybridized carbons (Fsp3) is 0.909. The van der Waals surface area contributed by atoms with Crippen molar-refractivity contribution in [3.8, 4) is 0 Å².